The van der Waals surface area contributed by atoms with Crippen molar-refractivity contribution < 1.29 is 14.6 Å². The topological polar surface area (TPSA) is 140 Å². The molecular weight excluding hydrogens is 465 g/mol. The highest BCUT2D eigenvalue weighted by Crippen LogP contribution is 2.26. The highest BCUT2D eigenvalue weighted by Gasteiger charge is 2.12. The van der Waals surface area contributed by atoms with Gasteiger partial charge in [0.2, 0.25) is 11.1 Å². The Kier molecular flexibility index (Phi) is 7.45. The third kappa shape index (κ3) is 6.17. The quantitative estimate of drug-likeness (QED) is 0.166. The van der Waals surface area contributed by atoms with E-state index < -0.39 is 0 Å². The molecule has 2 aromatic carbocycles. The molecule has 162 valence electrons. The standard InChI is InChI=1S/C18H17Cl2N7O3S/c1-30-15-3-2-10(4-14(15)28)8-22-24-17-25-26-18(27(17)21)31-9-16(29)23-13-6-11(19)5-12(20)7-13/h2-8,28H,9,21H2,1H3,(H,23,29)(H,24,25)/b22-8+. The maximum atomic E-state index is 12.1. The number of benzene rings is 2. The van der Waals surface area contributed by atoms with Gasteiger partial charge in [-0.3, -0.25) is 4.79 Å². The Morgan fingerprint density at radius 3 is 2.71 bits per heavy atom. The highest BCUT2D eigenvalue weighted by atomic mass is 35.5. The van der Waals surface area contributed by atoms with Crippen molar-refractivity contribution in [3.63, 3.8) is 0 Å². The van der Waals surface area contributed by atoms with Gasteiger partial charge >= 0.3 is 0 Å². The highest BCUT2D eigenvalue weighted by molar-refractivity contribution is 7.99. The van der Waals surface area contributed by atoms with Crippen molar-refractivity contribution in [3.8, 4) is 11.5 Å². The number of hydrogen-bond donors (Lipinski definition) is 4. The van der Waals surface area contributed by atoms with Gasteiger partial charge in [-0.05, 0) is 42.0 Å². The second-order valence-electron chi connectivity index (χ2n) is 5.97. The van der Waals surface area contributed by atoms with E-state index >= 15 is 0 Å². The number of carbonyl (C=O) groups is 1. The molecule has 10 nitrogen and oxygen atoms in total. The van der Waals surface area contributed by atoms with Gasteiger partial charge in [-0.1, -0.05) is 35.0 Å². The number of aromatic hydroxyl groups is 1. The number of hydrazone groups is 1. The number of nitrogen functional groups attached to an aromatic ring is 1. The first-order chi connectivity index (χ1) is 14.9. The largest absolute Gasteiger partial charge is 0.504 e. The molecule has 1 aromatic heterocycles. The van der Waals surface area contributed by atoms with Crippen molar-refractivity contribution in [2.75, 3.05) is 29.4 Å². The monoisotopic (exact) mass is 481 g/mol. The average molecular weight is 482 g/mol. The number of phenols is 1. The van der Waals surface area contributed by atoms with Gasteiger partial charge in [-0.15, -0.1) is 10.2 Å². The fourth-order valence-electron chi connectivity index (χ4n) is 2.36. The Hall–Kier alpha value is -3.15. The van der Waals surface area contributed by atoms with Crippen LogP contribution in [0.3, 0.4) is 0 Å². The lowest BCUT2D eigenvalue weighted by Gasteiger charge is -2.06. The normalized spacial score (nSPS) is 10.9. The van der Waals surface area contributed by atoms with Crippen LogP contribution in [0.5, 0.6) is 11.5 Å². The molecule has 0 unspecified atom stereocenters. The number of rotatable bonds is 8. The van der Waals surface area contributed by atoms with Crippen LogP contribution in [0.2, 0.25) is 10.0 Å². The second-order valence-corrected chi connectivity index (χ2v) is 7.79. The van der Waals surface area contributed by atoms with Crippen molar-refractivity contribution in [1.29, 1.82) is 0 Å². The average Bonchev–Trinajstić information content (AvgIpc) is 3.05. The van der Waals surface area contributed by atoms with Gasteiger partial charge in [0.05, 0.1) is 19.1 Å². The summed E-state index contributed by atoms with van der Waals surface area (Å²) in [6, 6.07) is 9.56. The van der Waals surface area contributed by atoms with E-state index in [1.807, 2.05) is 0 Å². The molecular formula is C18H17Cl2N7O3S. The van der Waals surface area contributed by atoms with Crippen LogP contribution in [0.15, 0.2) is 46.7 Å². The molecule has 13 heteroatoms. The van der Waals surface area contributed by atoms with E-state index in [1.54, 1.807) is 30.3 Å². The van der Waals surface area contributed by atoms with E-state index in [-0.39, 0.29) is 23.4 Å². The minimum atomic E-state index is -0.293. The van der Waals surface area contributed by atoms with Crippen LogP contribution in [0.4, 0.5) is 11.6 Å². The third-order valence-electron chi connectivity index (χ3n) is 3.72. The number of nitrogens with one attached hydrogen (secondary N) is 2. The zero-order valence-corrected chi connectivity index (χ0v) is 18.4. The summed E-state index contributed by atoms with van der Waals surface area (Å²) in [5.41, 5.74) is 3.76. The summed E-state index contributed by atoms with van der Waals surface area (Å²) in [5.74, 6) is 6.19. The zero-order chi connectivity index (χ0) is 22.4. The number of methoxy groups -OCH3 is 1. The number of nitrogens with zero attached hydrogens (tertiary/aromatic N) is 4. The number of aromatic nitrogens is 3. The summed E-state index contributed by atoms with van der Waals surface area (Å²) in [5, 5.41) is 25.4. The SMILES string of the molecule is COc1ccc(/C=N/Nc2nnc(SCC(=O)Nc3cc(Cl)cc(Cl)c3)n2N)cc1O. The molecule has 31 heavy (non-hydrogen) atoms. The predicted molar refractivity (Wildman–Crippen MR) is 122 cm³/mol. The van der Waals surface area contributed by atoms with Crippen LogP contribution in [-0.4, -0.2) is 45.0 Å². The number of amides is 1. The Bertz CT molecular complexity index is 1100. The van der Waals surface area contributed by atoms with Crippen LogP contribution >= 0.6 is 35.0 Å². The molecule has 0 aliphatic rings. The van der Waals surface area contributed by atoms with Crippen LogP contribution in [0.1, 0.15) is 5.56 Å². The molecule has 0 spiro atoms. The van der Waals surface area contributed by atoms with Crippen LogP contribution in [0.25, 0.3) is 0 Å². The van der Waals surface area contributed by atoms with Crippen molar-refractivity contribution in [2.45, 2.75) is 5.16 Å². The minimum Gasteiger partial charge on any atom is -0.504 e. The summed E-state index contributed by atoms with van der Waals surface area (Å²) in [4.78, 5) is 12.1. The summed E-state index contributed by atoms with van der Waals surface area (Å²) < 4.78 is 6.15. The van der Waals surface area contributed by atoms with Gasteiger partial charge in [0.15, 0.2) is 11.5 Å². The van der Waals surface area contributed by atoms with Gasteiger partial charge in [0.1, 0.15) is 0 Å². The fraction of sp³-hybridized carbons (Fsp3) is 0.111. The lowest BCUT2D eigenvalue weighted by atomic mass is 10.2. The first-order valence-electron chi connectivity index (χ1n) is 8.61. The molecule has 0 saturated carbocycles. The van der Waals surface area contributed by atoms with Crippen LogP contribution in [-0.2, 0) is 4.79 Å². The molecule has 0 bridgehead atoms. The minimum absolute atomic E-state index is 0.00884. The lowest BCUT2D eigenvalue weighted by molar-refractivity contribution is -0.113. The van der Waals surface area contributed by atoms with Crippen molar-refractivity contribution in [1.82, 2.24) is 14.9 Å². The van der Waals surface area contributed by atoms with E-state index in [9.17, 15) is 9.90 Å². The number of anilines is 2. The second kappa shape index (κ2) is 10.2. The maximum absolute atomic E-state index is 12.1. The van der Waals surface area contributed by atoms with Crippen molar-refractivity contribution in [2.24, 2.45) is 5.10 Å². The van der Waals surface area contributed by atoms with E-state index in [0.29, 0.717) is 32.2 Å². The van der Waals surface area contributed by atoms with E-state index in [1.165, 1.54) is 19.4 Å². The number of ether oxygens (including phenoxy) is 1. The number of thioether (sulfide) groups is 1. The summed E-state index contributed by atoms with van der Waals surface area (Å²) >= 11 is 12.9. The van der Waals surface area contributed by atoms with Gasteiger partial charge < -0.3 is 21.0 Å². The van der Waals surface area contributed by atoms with E-state index in [0.717, 1.165) is 16.4 Å². The first-order valence-corrected chi connectivity index (χ1v) is 10.3. The molecule has 0 aliphatic carbocycles. The number of phenolic OH excluding ortho intramolecular Hbond substituents is 1. The smallest absolute Gasteiger partial charge is 0.264 e. The Morgan fingerprint density at radius 2 is 2.03 bits per heavy atom. The van der Waals surface area contributed by atoms with E-state index in [4.69, 9.17) is 33.8 Å². The molecule has 0 fully saturated rings. The molecule has 1 heterocycles. The number of nitrogens with two attached hydrogens (primary N) is 1. The molecule has 0 saturated heterocycles. The third-order valence-corrected chi connectivity index (χ3v) is 5.10. The predicted octanol–water partition coefficient (Wildman–Crippen LogP) is 3.19. The van der Waals surface area contributed by atoms with Gasteiger partial charge in [-0.2, -0.15) is 5.10 Å². The van der Waals surface area contributed by atoms with Crippen LogP contribution < -0.4 is 21.3 Å². The van der Waals surface area contributed by atoms with Crippen molar-refractivity contribution >= 4 is 58.7 Å². The fourth-order valence-corrected chi connectivity index (χ4v) is 3.54. The molecule has 3 rings (SSSR count). The molecule has 5 N–H and O–H groups in total. The lowest BCUT2D eigenvalue weighted by Crippen LogP contribution is -2.16. The van der Waals surface area contributed by atoms with Gasteiger partial charge in [0.25, 0.3) is 5.95 Å². The van der Waals surface area contributed by atoms with E-state index in [2.05, 4.69) is 26.0 Å². The number of halogens is 2. The maximum Gasteiger partial charge on any atom is 0.264 e. The molecule has 0 atom stereocenters. The molecule has 3 aromatic rings. The number of hydrogen-bond acceptors (Lipinski definition) is 9. The number of carbonyl (C=O) groups excluding carboxylic acids is 1. The molecule has 1 amide bonds. The van der Waals surface area contributed by atoms with Gasteiger partial charge in [-0.25, -0.2) is 10.1 Å². The molecule has 0 radical (unpaired) electrons. The van der Waals surface area contributed by atoms with Gasteiger partial charge in [0, 0.05) is 15.7 Å². The molecule has 0 aliphatic heterocycles. The summed E-state index contributed by atoms with van der Waals surface area (Å²) in [6.45, 7) is 0. The van der Waals surface area contributed by atoms with Crippen LogP contribution in [0, 0.1) is 0 Å². The first kappa shape index (κ1) is 22.5. The Labute approximate surface area is 191 Å². The zero-order valence-electron chi connectivity index (χ0n) is 16.0. The Morgan fingerprint density at radius 1 is 1.29 bits per heavy atom. The summed E-state index contributed by atoms with van der Waals surface area (Å²) in [6.07, 6.45) is 1.46. The van der Waals surface area contributed by atoms with Crippen molar-refractivity contribution in [3.05, 3.63) is 52.0 Å². The Balaban J connectivity index is 1.54. The summed E-state index contributed by atoms with van der Waals surface area (Å²) in [7, 11) is 1.46.